The molecule has 6 nitrogen and oxygen atoms in total. The van der Waals surface area contributed by atoms with Crippen LogP contribution in [0.4, 0.5) is 18.9 Å². The normalized spacial score (nSPS) is 11.1. The predicted octanol–water partition coefficient (Wildman–Crippen LogP) is 4.89. The molecule has 0 aliphatic rings. The highest BCUT2D eigenvalue weighted by Crippen LogP contribution is 2.30. The molecule has 0 saturated carbocycles. The summed E-state index contributed by atoms with van der Waals surface area (Å²) >= 11 is 0. The van der Waals surface area contributed by atoms with Gasteiger partial charge < -0.3 is 14.8 Å². The number of aromatic nitrogens is 2. The Morgan fingerprint density at radius 1 is 1.03 bits per heavy atom. The summed E-state index contributed by atoms with van der Waals surface area (Å²) in [4.78, 5) is 20.7. The van der Waals surface area contributed by atoms with Crippen LogP contribution in [-0.2, 0) is 11.0 Å². The molecule has 0 saturated heterocycles. The Balaban J connectivity index is 1.69. The summed E-state index contributed by atoms with van der Waals surface area (Å²) in [6, 6.07) is 13.1. The second-order valence-corrected chi connectivity index (χ2v) is 6.51. The molecule has 3 aromatic rings. The van der Waals surface area contributed by atoms with Crippen molar-refractivity contribution in [2.75, 3.05) is 18.5 Å². The van der Waals surface area contributed by atoms with E-state index in [4.69, 9.17) is 9.47 Å². The highest BCUT2D eigenvalue weighted by Gasteiger charge is 2.30. The second-order valence-electron chi connectivity index (χ2n) is 6.51. The number of aryl methyl sites for hydroxylation is 1. The zero-order valence-corrected chi connectivity index (χ0v) is 16.9. The van der Waals surface area contributed by atoms with Crippen molar-refractivity contribution < 1.29 is 27.4 Å². The fraction of sp³-hybridized carbons (Fsp3) is 0.227. The number of anilines is 1. The van der Waals surface area contributed by atoms with Gasteiger partial charge in [0.05, 0.1) is 17.9 Å². The van der Waals surface area contributed by atoms with E-state index in [2.05, 4.69) is 15.3 Å². The molecule has 9 heteroatoms. The standard InChI is InChI=1S/C22H20F3N3O3/c1-3-30-18-7-5-4-6-17(18)27-19(29)13-31-20-12-14(2)26-21(28-20)15-8-10-16(11-9-15)22(23,24)25/h4-12H,3,13H2,1-2H3,(H,27,29). The molecule has 0 aliphatic heterocycles. The molecule has 0 aliphatic carbocycles. The van der Waals surface area contributed by atoms with Crippen LogP contribution in [0.1, 0.15) is 18.2 Å². The molecule has 0 unspecified atom stereocenters. The molecule has 0 radical (unpaired) electrons. The SMILES string of the molecule is CCOc1ccccc1NC(=O)COc1cc(C)nc(-c2ccc(C(F)(F)F)cc2)n1. The van der Waals surface area contributed by atoms with Gasteiger partial charge in [0.1, 0.15) is 5.75 Å². The smallest absolute Gasteiger partial charge is 0.416 e. The quantitative estimate of drug-likeness (QED) is 0.577. The van der Waals surface area contributed by atoms with E-state index >= 15 is 0 Å². The molecule has 162 valence electrons. The first-order valence-electron chi connectivity index (χ1n) is 9.44. The molecular weight excluding hydrogens is 411 g/mol. The van der Waals surface area contributed by atoms with Crippen LogP contribution < -0.4 is 14.8 Å². The van der Waals surface area contributed by atoms with Crippen molar-refractivity contribution in [1.29, 1.82) is 0 Å². The van der Waals surface area contributed by atoms with Crippen LogP contribution in [0.3, 0.4) is 0 Å². The summed E-state index contributed by atoms with van der Waals surface area (Å²) in [7, 11) is 0. The highest BCUT2D eigenvalue weighted by molar-refractivity contribution is 5.93. The Bertz CT molecular complexity index is 1050. The molecule has 0 fully saturated rings. The van der Waals surface area contributed by atoms with Gasteiger partial charge in [-0.1, -0.05) is 24.3 Å². The van der Waals surface area contributed by atoms with Crippen molar-refractivity contribution in [1.82, 2.24) is 9.97 Å². The van der Waals surface area contributed by atoms with Gasteiger partial charge in [-0.3, -0.25) is 4.79 Å². The summed E-state index contributed by atoms with van der Waals surface area (Å²) < 4.78 is 49.2. The molecule has 1 aromatic heterocycles. The van der Waals surface area contributed by atoms with E-state index < -0.39 is 17.6 Å². The molecular formula is C22H20F3N3O3. The third-order valence-electron chi connectivity index (χ3n) is 4.11. The van der Waals surface area contributed by atoms with Gasteiger partial charge in [0.15, 0.2) is 12.4 Å². The Morgan fingerprint density at radius 3 is 2.42 bits per heavy atom. The number of nitrogens with one attached hydrogen (secondary N) is 1. The average molecular weight is 431 g/mol. The molecule has 31 heavy (non-hydrogen) atoms. The van der Waals surface area contributed by atoms with E-state index in [9.17, 15) is 18.0 Å². The van der Waals surface area contributed by atoms with Crippen molar-refractivity contribution >= 4 is 11.6 Å². The van der Waals surface area contributed by atoms with E-state index in [-0.39, 0.29) is 18.3 Å². The lowest BCUT2D eigenvalue weighted by atomic mass is 10.1. The van der Waals surface area contributed by atoms with Crippen LogP contribution in [0.2, 0.25) is 0 Å². The number of benzene rings is 2. The second kappa shape index (κ2) is 9.46. The topological polar surface area (TPSA) is 73.3 Å². The van der Waals surface area contributed by atoms with Gasteiger partial charge in [0.2, 0.25) is 5.88 Å². The summed E-state index contributed by atoms with van der Waals surface area (Å²) in [5.74, 6) is 0.460. The summed E-state index contributed by atoms with van der Waals surface area (Å²) in [5, 5.41) is 2.71. The third kappa shape index (κ3) is 5.94. The first-order valence-corrected chi connectivity index (χ1v) is 9.44. The fourth-order valence-corrected chi connectivity index (χ4v) is 2.73. The predicted molar refractivity (Wildman–Crippen MR) is 109 cm³/mol. The Morgan fingerprint density at radius 2 is 1.74 bits per heavy atom. The van der Waals surface area contributed by atoms with E-state index in [1.165, 1.54) is 18.2 Å². The van der Waals surface area contributed by atoms with Crippen molar-refractivity contribution in [2.45, 2.75) is 20.0 Å². The van der Waals surface area contributed by atoms with Gasteiger partial charge in [0, 0.05) is 17.3 Å². The highest BCUT2D eigenvalue weighted by atomic mass is 19.4. The number of para-hydroxylation sites is 2. The zero-order chi connectivity index (χ0) is 22.4. The number of amides is 1. The average Bonchev–Trinajstić information content (AvgIpc) is 2.73. The number of hydrogen-bond acceptors (Lipinski definition) is 5. The number of carbonyl (C=O) groups excluding carboxylic acids is 1. The van der Waals surface area contributed by atoms with Gasteiger partial charge >= 0.3 is 6.18 Å². The van der Waals surface area contributed by atoms with Crippen molar-refractivity contribution in [3.8, 4) is 23.0 Å². The molecule has 0 atom stereocenters. The van der Waals surface area contributed by atoms with Crippen molar-refractivity contribution in [3.63, 3.8) is 0 Å². The minimum Gasteiger partial charge on any atom is -0.492 e. The van der Waals surface area contributed by atoms with Crippen LogP contribution in [-0.4, -0.2) is 29.1 Å². The van der Waals surface area contributed by atoms with Crippen LogP contribution in [0, 0.1) is 6.92 Å². The van der Waals surface area contributed by atoms with E-state index in [0.717, 1.165) is 12.1 Å². The molecule has 1 N–H and O–H groups in total. The van der Waals surface area contributed by atoms with Crippen LogP contribution in [0.25, 0.3) is 11.4 Å². The molecule has 3 rings (SSSR count). The van der Waals surface area contributed by atoms with Gasteiger partial charge in [-0.25, -0.2) is 4.98 Å². The fourth-order valence-electron chi connectivity index (χ4n) is 2.73. The first kappa shape index (κ1) is 22.1. The van der Waals surface area contributed by atoms with E-state index in [0.29, 0.717) is 29.3 Å². The lowest BCUT2D eigenvalue weighted by Crippen LogP contribution is -2.21. The maximum Gasteiger partial charge on any atom is 0.416 e. The monoisotopic (exact) mass is 431 g/mol. The van der Waals surface area contributed by atoms with Crippen molar-refractivity contribution in [2.24, 2.45) is 0 Å². The first-order chi connectivity index (χ1) is 14.8. The number of halogens is 3. The number of hydrogen-bond donors (Lipinski definition) is 1. The van der Waals surface area contributed by atoms with Gasteiger partial charge in [-0.2, -0.15) is 18.2 Å². The maximum absolute atomic E-state index is 12.8. The summed E-state index contributed by atoms with van der Waals surface area (Å²) in [6.45, 7) is 3.67. The van der Waals surface area contributed by atoms with Gasteiger partial charge in [-0.05, 0) is 38.1 Å². The van der Waals surface area contributed by atoms with Crippen LogP contribution >= 0.6 is 0 Å². The molecule has 1 heterocycles. The Kier molecular flexibility index (Phi) is 6.74. The van der Waals surface area contributed by atoms with Crippen LogP contribution in [0.5, 0.6) is 11.6 Å². The zero-order valence-electron chi connectivity index (χ0n) is 16.9. The maximum atomic E-state index is 12.8. The molecule has 1 amide bonds. The number of alkyl halides is 3. The lowest BCUT2D eigenvalue weighted by molar-refractivity contribution is -0.137. The Labute approximate surface area is 177 Å². The molecule has 0 spiro atoms. The summed E-state index contributed by atoms with van der Waals surface area (Å²) in [5.41, 5.74) is 0.699. The molecule has 0 bridgehead atoms. The van der Waals surface area contributed by atoms with E-state index in [1.807, 2.05) is 6.92 Å². The van der Waals surface area contributed by atoms with Crippen LogP contribution in [0.15, 0.2) is 54.6 Å². The third-order valence-corrected chi connectivity index (χ3v) is 4.11. The van der Waals surface area contributed by atoms with Gasteiger partial charge in [0.25, 0.3) is 5.91 Å². The van der Waals surface area contributed by atoms with Crippen molar-refractivity contribution in [3.05, 3.63) is 65.9 Å². The van der Waals surface area contributed by atoms with Gasteiger partial charge in [-0.15, -0.1) is 0 Å². The summed E-state index contributed by atoms with van der Waals surface area (Å²) in [6.07, 6.45) is -4.42. The lowest BCUT2D eigenvalue weighted by Gasteiger charge is -2.12. The Hall–Kier alpha value is -3.62. The molecule has 2 aromatic carbocycles. The number of nitrogens with zero attached hydrogens (tertiary/aromatic N) is 2. The largest absolute Gasteiger partial charge is 0.492 e. The minimum atomic E-state index is -4.42. The number of rotatable bonds is 7. The number of carbonyl (C=O) groups is 1. The minimum absolute atomic E-state index is 0.135. The number of ether oxygens (including phenoxy) is 2. The van der Waals surface area contributed by atoms with E-state index in [1.54, 1.807) is 31.2 Å².